The van der Waals surface area contributed by atoms with Crippen molar-refractivity contribution in [3.63, 3.8) is 0 Å². The van der Waals surface area contributed by atoms with Crippen molar-refractivity contribution in [2.75, 3.05) is 0 Å². The molecule has 82 valence electrons. The molecule has 2 aromatic rings. The van der Waals surface area contributed by atoms with Crippen LogP contribution in [0.15, 0.2) is 30.7 Å². The highest BCUT2D eigenvalue weighted by molar-refractivity contribution is 5.42. The topological polar surface area (TPSA) is 28.7 Å². The molecule has 0 amide bonds. The Bertz CT molecular complexity index is 485. The Morgan fingerprint density at radius 3 is 3.12 bits per heavy atom. The molecule has 1 heterocycles. The number of aryl methyl sites for hydroxylation is 2. The molecular weight excluding hydrogens is 196 g/mol. The third-order valence-electron chi connectivity index (χ3n) is 3.60. The minimum atomic E-state index is 0.521. The Labute approximate surface area is 95.7 Å². The van der Waals surface area contributed by atoms with Crippen molar-refractivity contribution in [3.8, 4) is 0 Å². The number of nitrogens with one attached hydrogen (secondary N) is 1. The Kier molecular flexibility index (Phi) is 2.28. The highest BCUT2D eigenvalue weighted by Gasteiger charge is 2.23. The van der Waals surface area contributed by atoms with E-state index in [2.05, 4.69) is 35.1 Å². The molecule has 0 aliphatic heterocycles. The number of aromatic nitrogens is 2. The van der Waals surface area contributed by atoms with Crippen LogP contribution in [0.3, 0.4) is 0 Å². The molecule has 1 aliphatic carbocycles. The van der Waals surface area contributed by atoms with Gasteiger partial charge in [0.05, 0.1) is 6.33 Å². The molecule has 1 aromatic carbocycles. The summed E-state index contributed by atoms with van der Waals surface area (Å²) in [7, 11) is 0. The maximum absolute atomic E-state index is 4.14. The molecule has 1 unspecified atom stereocenters. The summed E-state index contributed by atoms with van der Waals surface area (Å²) in [5, 5.41) is 0. The lowest BCUT2D eigenvalue weighted by Gasteiger charge is -2.26. The van der Waals surface area contributed by atoms with Crippen molar-refractivity contribution in [1.29, 1.82) is 0 Å². The molecule has 1 aliphatic rings. The second-order valence-electron chi connectivity index (χ2n) is 4.60. The molecule has 3 rings (SSSR count). The fourth-order valence-electron chi connectivity index (χ4n) is 2.87. The highest BCUT2D eigenvalue weighted by atomic mass is 14.9. The fraction of sp³-hybridized carbons (Fsp3) is 0.357. The van der Waals surface area contributed by atoms with Crippen molar-refractivity contribution in [1.82, 2.24) is 9.97 Å². The summed E-state index contributed by atoms with van der Waals surface area (Å²) < 4.78 is 0. The molecule has 0 saturated carbocycles. The molecule has 1 N–H and O–H groups in total. The average Bonchev–Trinajstić information content (AvgIpc) is 2.82. The molecule has 0 spiro atoms. The van der Waals surface area contributed by atoms with Crippen LogP contribution in [0.5, 0.6) is 0 Å². The first kappa shape index (κ1) is 9.64. The largest absolute Gasteiger partial charge is 0.348 e. The first-order valence-electron chi connectivity index (χ1n) is 5.93. The lowest BCUT2D eigenvalue weighted by atomic mass is 9.79. The van der Waals surface area contributed by atoms with Crippen molar-refractivity contribution < 1.29 is 0 Å². The Morgan fingerprint density at radius 1 is 1.38 bits per heavy atom. The maximum Gasteiger partial charge on any atom is 0.0921 e. The van der Waals surface area contributed by atoms with E-state index >= 15 is 0 Å². The van der Waals surface area contributed by atoms with Gasteiger partial charge in [0.2, 0.25) is 0 Å². The Hall–Kier alpha value is -1.57. The van der Waals surface area contributed by atoms with E-state index in [0.717, 1.165) is 0 Å². The van der Waals surface area contributed by atoms with Crippen LogP contribution < -0.4 is 0 Å². The predicted molar refractivity (Wildman–Crippen MR) is 64.5 cm³/mol. The van der Waals surface area contributed by atoms with E-state index in [-0.39, 0.29) is 0 Å². The van der Waals surface area contributed by atoms with E-state index in [0.29, 0.717) is 5.92 Å². The van der Waals surface area contributed by atoms with Crippen LogP contribution in [0.2, 0.25) is 0 Å². The minimum Gasteiger partial charge on any atom is -0.348 e. The van der Waals surface area contributed by atoms with Crippen LogP contribution in [0.4, 0.5) is 0 Å². The SMILES string of the molecule is Cc1cccc2c1C(c1cnc[nH]1)CCC2. The molecule has 0 fully saturated rings. The predicted octanol–water partition coefficient (Wildman–Crippen LogP) is 3.19. The minimum absolute atomic E-state index is 0.521. The standard InChI is InChI=1S/C14H16N2/c1-10-4-2-5-11-6-3-7-12(14(10)11)13-8-15-9-16-13/h2,4-5,8-9,12H,3,6-7H2,1H3,(H,15,16). The van der Waals surface area contributed by atoms with Crippen molar-refractivity contribution in [2.45, 2.75) is 32.1 Å². The zero-order valence-corrected chi connectivity index (χ0v) is 9.53. The normalized spacial score (nSPS) is 19.4. The van der Waals surface area contributed by atoms with Crippen LogP contribution in [0, 0.1) is 6.92 Å². The van der Waals surface area contributed by atoms with Gasteiger partial charge in [-0.2, -0.15) is 0 Å². The molecule has 1 aromatic heterocycles. The summed E-state index contributed by atoms with van der Waals surface area (Å²) in [4.78, 5) is 7.41. The third kappa shape index (κ3) is 1.45. The summed E-state index contributed by atoms with van der Waals surface area (Å²) in [6, 6.07) is 6.65. The number of H-pyrrole nitrogens is 1. The number of hydrogen-bond acceptors (Lipinski definition) is 1. The van der Waals surface area contributed by atoms with Gasteiger partial charge in [0.15, 0.2) is 0 Å². The summed E-state index contributed by atoms with van der Waals surface area (Å²) in [5.74, 6) is 0.521. The van der Waals surface area contributed by atoms with Gasteiger partial charge in [-0.3, -0.25) is 0 Å². The summed E-state index contributed by atoms with van der Waals surface area (Å²) in [5.41, 5.74) is 5.72. The summed E-state index contributed by atoms with van der Waals surface area (Å²) in [6.07, 6.45) is 7.48. The van der Waals surface area contributed by atoms with E-state index in [4.69, 9.17) is 0 Å². The number of rotatable bonds is 1. The Morgan fingerprint density at radius 2 is 2.31 bits per heavy atom. The quantitative estimate of drug-likeness (QED) is 0.772. The zero-order chi connectivity index (χ0) is 11.0. The van der Waals surface area contributed by atoms with Crippen LogP contribution in [0.1, 0.15) is 41.1 Å². The monoisotopic (exact) mass is 212 g/mol. The van der Waals surface area contributed by atoms with Crippen LogP contribution >= 0.6 is 0 Å². The number of aromatic amines is 1. The summed E-state index contributed by atoms with van der Waals surface area (Å²) >= 11 is 0. The van der Waals surface area contributed by atoms with Crippen molar-refractivity contribution in [3.05, 3.63) is 53.1 Å². The van der Waals surface area contributed by atoms with E-state index in [9.17, 15) is 0 Å². The van der Waals surface area contributed by atoms with Crippen molar-refractivity contribution >= 4 is 0 Å². The molecule has 1 atom stereocenters. The van der Waals surface area contributed by atoms with Crippen LogP contribution in [0.25, 0.3) is 0 Å². The number of imidazole rings is 1. The van der Waals surface area contributed by atoms with Crippen LogP contribution in [-0.2, 0) is 6.42 Å². The number of fused-ring (bicyclic) bond motifs is 1. The molecular formula is C14H16N2. The van der Waals surface area contributed by atoms with Gasteiger partial charge in [0.1, 0.15) is 0 Å². The number of benzene rings is 1. The molecule has 16 heavy (non-hydrogen) atoms. The van der Waals surface area contributed by atoms with Crippen molar-refractivity contribution in [2.24, 2.45) is 0 Å². The van der Waals surface area contributed by atoms with E-state index < -0.39 is 0 Å². The van der Waals surface area contributed by atoms with E-state index in [1.165, 1.54) is 41.6 Å². The third-order valence-corrected chi connectivity index (χ3v) is 3.60. The fourth-order valence-corrected chi connectivity index (χ4v) is 2.87. The lowest BCUT2D eigenvalue weighted by molar-refractivity contribution is 0.603. The molecule has 2 nitrogen and oxygen atoms in total. The number of hydrogen-bond donors (Lipinski definition) is 1. The maximum atomic E-state index is 4.14. The van der Waals surface area contributed by atoms with Gasteiger partial charge < -0.3 is 4.98 Å². The molecule has 0 bridgehead atoms. The molecule has 2 heteroatoms. The first-order valence-corrected chi connectivity index (χ1v) is 5.93. The van der Waals surface area contributed by atoms with Gasteiger partial charge in [-0.15, -0.1) is 0 Å². The molecule has 0 saturated heterocycles. The van der Waals surface area contributed by atoms with Gasteiger partial charge in [-0.1, -0.05) is 18.2 Å². The van der Waals surface area contributed by atoms with E-state index in [1.54, 1.807) is 6.33 Å². The highest BCUT2D eigenvalue weighted by Crippen LogP contribution is 2.37. The van der Waals surface area contributed by atoms with Gasteiger partial charge >= 0.3 is 0 Å². The summed E-state index contributed by atoms with van der Waals surface area (Å²) in [6.45, 7) is 2.22. The van der Waals surface area contributed by atoms with Gasteiger partial charge in [0, 0.05) is 17.8 Å². The number of nitrogens with zero attached hydrogens (tertiary/aromatic N) is 1. The van der Waals surface area contributed by atoms with Gasteiger partial charge in [-0.05, 0) is 42.9 Å². The second kappa shape index (κ2) is 3.78. The second-order valence-corrected chi connectivity index (χ2v) is 4.60. The average molecular weight is 212 g/mol. The van der Waals surface area contributed by atoms with Gasteiger partial charge in [-0.25, -0.2) is 4.98 Å². The Balaban J connectivity index is 2.12. The van der Waals surface area contributed by atoms with E-state index in [1.807, 2.05) is 6.20 Å². The zero-order valence-electron chi connectivity index (χ0n) is 9.53. The van der Waals surface area contributed by atoms with Gasteiger partial charge in [0.25, 0.3) is 0 Å². The first-order chi connectivity index (χ1) is 7.86. The lowest BCUT2D eigenvalue weighted by Crippen LogP contribution is -2.13. The smallest absolute Gasteiger partial charge is 0.0921 e. The van der Waals surface area contributed by atoms with Crippen LogP contribution in [-0.4, -0.2) is 9.97 Å². The molecule has 0 radical (unpaired) electrons.